The number of imide groups is 1. The molecule has 0 saturated carbocycles. The molecule has 0 unspecified atom stereocenters. The van der Waals surface area contributed by atoms with Crippen LogP contribution in [0, 0.1) is 0 Å². The summed E-state index contributed by atoms with van der Waals surface area (Å²) in [6.07, 6.45) is 3.12. The zero-order valence-electron chi connectivity index (χ0n) is 10.6. The number of benzene rings is 1. The molecule has 2 rings (SSSR count). The summed E-state index contributed by atoms with van der Waals surface area (Å²) in [5, 5.41) is 2.53. The molecular weight excluding hydrogens is 244 g/mol. The molecule has 0 spiro atoms. The van der Waals surface area contributed by atoms with Crippen LogP contribution in [0.15, 0.2) is 42.6 Å². The van der Waals surface area contributed by atoms with Crippen LogP contribution in [0.3, 0.4) is 0 Å². The number of carbonyl (C=O) groups excluding carboxylic acids is 2. The van der Waals surface area contributed by atoms with E-state index in [1.54, 1.807) is 25.3 Å². The lowest BCUT2D eigenvalue weighted by atomic mass is 10.2. The first-order chi connectivity index (χ1) is 9.15. The maximum atomic E-state index is 12.0. The van der Waals surface area contributed by atoms with Crippen LogP contribution in [0.2, 0.25) is 0 Å². The minimum absolute atomic E-state index is 0.195. The van der Waals surface area contributed by atoms with Gasteiger partial charge in [-0.3, -0.25) is 9.69 Å². The average Bonchev–Trinajstić information content (AvgIpc) is 2.67. The van der Waals surface area contributed by atoms with Crippen molar-refractivity contribution in [1.82, 2.24) is 10.2 Å². The van der Waals surface area contributed by atoms with Gasteiger partial charge in [0.2, 0.25) is 0 Å². The molecule has 0 aromatic heterocycles. The molecule has 0 radical (unpaired) electrons. The van der Waals surface area contributed by atoms with Gasteiger partial charge in [0.05, 0.1) is 7.11 Å². The molecule has 1 aromatic carbocycles. The van der Waals surface area contributed by atoms with Crippen molar-refractivity contribution in [3.05, 3.63) is 48.2 Å². The first-order valence-corrected chi connectivity index (χ1v) is 5.75. The molecule has 1 aliphatic heterocycles. The molecule has 3 amide bonds. The molecule has 5 nitrogen and oxygen atoms in total. The van der Waals surface area contributed by atoms with Crippen LogP contribution >= 0.6 is 0 Å². The second kappa shape index (κ2) is 5.39. The zero-order valence-corrected chi connectivity index (χ0v) is 10.6. The number of hydrogen-bond acceptors (Lipinski definition) is 3. The third-order valence-electron chi connectivity index (χ3n) is 2.68. The number of methoxy groups -OCH3 is 1. The largest absolute Gasteiger partial charge is 0.497 e. The lowest BCUT2D eigenvalue weighted by Crippen LogP contribution is -2.30. The van der Waals surface area contributed by atoms with E-state index in [1.807, 2.05) is 12.1 Å². The number of rotatable bonds is 4. The fourth-order valence-electron chi connectivity index (χ4n) is 1.76. The Hall–Kier alpha value is -2.56. The summed E-state index contributed by atoms with van der Waals surface area (Å²) < 4.78 is 5.10. The van der Waals surface area contributed by atoms with E-state index in [2.05, 4.69) is 11.9 Å². The van der Waals surface area contributed by atoms with Gasteiger partial charge in [-0.2, -0.15) is 0 Å². The van der Waals surface area contributed by atoms with E-state index in [4.69, 9.17) is 4.74 Å². The van der Waals surface area contributed by atoms with Gasteiger partial charge in [0, 0.05) is 6.54 Å². The Bertz CT molecular complexity index is 564. The lowest BCUT2D eigenvalue weighted by Gasteiger charge is -2.06. The van der Waals surface area contributed by atoms with Crippen molar-refractivity contribution in [2.45, 2.75) is 0 Å². The highest BCUT2D eigenvalue weighted by atomic mass is 16.5. The predicted octanol–water partition coefficient (Wildman–Crippen LogP) is 1.77. The Labute approximate surface area is 111 Å². The molecule has 1 fully saturated rings. The van der Waals surface area contributed by atoms with E-state index >= 15 is 0 Å². The van der Waals surface area contributed by atoms with Crippen LogP contribution in [0.25, 0.3) is 6.08 Å². The van der Waals surface area contributed by atoms with Gasteiger partial charge < -0.3 is 10.1 Å². The molecule has 1 heterocycles. The highest BCUT2D eigenvalue weighted by Crippen LogP contribution is 2.17. The first-order valence-electron chi connectivity index (χ1n) is 5.75. The van der Waals surface area contributed by atoms with E-state index in [-0.39, 0.29) is 18.1 Å². The Morgan fingerprint density at radius 3 is 2.89 bits per heavy atom. The molecule has 0 aliphatic carbocycles. The van der Waals surface area contributed by atoms with Crippen molar-refractivity contribution in [2.75, 3.05) is 13.7 Å². The van der Waals surface area contributed by atoms with Gasteiger partial charge in [0.25, 0.3) is 5.91 Å². The number of urea groups is 1. The minimum atomic E-state index is -0.431. The van der Waals surface area contributed by atoms with Crippen molar-refractivity contribution < 1.29 is 14.3 Å². The van der Waals surface area contributed by atoms with Gasteiger partial charge in [-0.05, 0) is 23.8 Å². The number of hydrogen-bond donors (Lipinski definition) is 1. The molecule has 0 bridgehead atoms. The maximum Gasteiger partial charge on any atom is 0.329 e. The van der Waals surface area contributed by atoms with Gasteiger partial charge in [-0.15, -0.1) is 6.58 Å². The quantitative estimate of drug-likeness (QED) is 0.508. The van der Waals surface area contributed by atoms with E-state index in [1.165, 1.54) is 6.08 Å². The molecule has 0 atom stereocenters. The van der Waals surface area contributed by atoms with E-state index in [0.717, 1.165) is 10.5 Å². The summed E-state index contributed by atoms with van der Waals surface area (Å²) >= 11 is 0. The molecule has 1 saturated heterocycles. The van der Waals surface area contributed by atoms with Crippen LogP contribution in [-0.4, -0.2) is 30.5 Å². The Morgan fingerprint density at radius 2 is 2.21 bits per heavy atom. The van der Waals surface area contributed by atoms with Gasteiger partial charge in [0.1, 0.15) is 11.4 Å². The van der Waals surface area contributed by atoms with E-state index in [0.29, 0.717) is 5.75 Å². The topological polar surface area (TPSA) is 58.6 Å². The van der Waals surface area contributed by atoms with E-state index in [9.17, 15) is 9.59 Å². The Kier molecular flexibility index (Phi) is 3.66. The number of amides is 3. The number of carbonyl (C=O) groups is 2. The first kappa shape index (κ1) is 12.9. The summed E-state index contributed by atoms with van der Waals surface area (Å²) in [5.74, 6) is 0.335. The summed E-state index contributed by atoms with van der Waals surface area (Å²) in [6, 6.07) is 6.79. The van der Waals surface area contributed by atoms with Crippen LogP contribution in [0.4, 0.5) is 4.79 Å². The molecule has 1 aromatic rings. The molecule has 1 N–H and O–H groups in total. The molecule has 98 valence electrons. The summed E-state index contributed by atoms with van der Waals surface area (Å²) in [7, 11) is 1.57. The van der Waals surface area contributed by atoms with Gasteiger partial charge >= 0.3 is 6.03 Å². The van der Waals surface area contributed by atoms with Crippen molar-refractivity contribution in [2.24, 2.45) is 0 Å². The molecule has 5 heteroatoms. The van der Waals surface area contributed by atoms with Crippen LogP contribution in [-0.2, 0) is 4.79 Å². The standard InChI is InChI=1S/C14H14N2O3/c1-3-7-16-13(17)12(15-14(16)18)9-10-5-4-6-11(8-10)19-2/h3-6,8-9H,1,7H2,2H3,(H,15,18)/b12-9+. The minimum Gasteiger partial charge on any atom is -0.497 e. The van der Waals surface area contributed by atoms with Crippen molar-refractivity contribution in [3.8, 4) is 5.75 Å². The van der Waals surface area contributed by atoms with Crippen molar-refractivity contribution in [3.63, 3.8) is 0 Å². The van der Waals surface area contributed by atoms with Crippen molar-refractivity contribution >= 4 is 18.0 Å². The SMILES string of the molecule is C=CCN1C(=O)N/C(=C/c2cccc(OC)c2)C1=O. The molecule has 1 aliphatic rings. The highest BCUT2D eigenvalue weighted by Gasteiger charge is 2.32. The van der Waals surface area contributed by atoms with Crippen molar-refractivity contribution in [1.29, 1.82) is 0 Å². The summed E-state index contributed by atoms with van der Waals surface area (Å²) in [5.41, 5.74) is 1.03. The molecule has 19 heavy (non-hydrogen) atoms. The number of nitrogens with one attached hydrogen (secondary N) is 1. The second-order valence-electron chi connectivity index (χ2n) is 3.97. The monoisotopic (exact) mass is 258 g/mol. The Morgan fingerprint density at radius 1 is 1.42 bits per heavy atom. The Balaban J connectivity index is 2.26. The van der Waals surface area contributed by atoms with Gasteiger partial charge in [0.15, 0.2) is 0 Å². The van der Waals surface area contributed by atoms with Crippen LogP contribution < -0.4 is 10.1 Å². The smallest absolute Gasteiger partial charge is 0.329 e. The fraction of sp³-hybridized carbons (Fsp3) is 0.143. The second-order valence-corrected chi connectivity index (χ2v) is 3.97. The third-order valence-corrected chi connectivity index (χ3v) is 2.68. The van der Waals surface area contributed by atoms with Gasteiger partial charge in [-0.25, -0.2) is 4.79 Å². The average molecular weight is 258 g/mol. The fourth-order valence-corrected chi connectivity index (χ4v) is 1.76. The number of ether oxygens (including phenoxy) is 1. The summed E-state index contributed by atoms with van der Waals surface area (Å²) in [6.45, 7) is 3.71. The lowest BCUT2D eigenvalue weighted by molar-refractivity contribution is -0.122. The normalized spacial score (nSPS) is 16.7. The summed E-state index contributed by atoms with van der Waals surface area (Å²) in [4.78, 5) is 24.6. The number of nitrogens with zero attached hydrogens (tertiary/aromatic N) is 1. The maximum absolute atomic E-state index is 12.0. The van der Waals surface area contributed by atoms with Crippen LogP contribution in [0.1, 0.15) is 5.56 Å². The van der Waals surface area contributed by atoms with E-state index < -0.39 is 6.03 Å². The van der Waals surface area contributed by atoms with Gasteiger partial charge in [-0.1, -0.05) is 18.2 Å². The third kappa shape index (κ3) is 2.65. The zero-order chi connectivity index (χ0) is 13.8. The van der Waals surface area contributed by atoms with Crippen LogP contribution in [0.5, 0.6) is 5.75 Å². The highest BCUT2D eigenvalue weighted by molar-refractivity contribution is 6.14. The predicted molar refractivity (Wildman–Crippen MR) is 71.4 cm³/mol. The molecular formula is C14H14N2O3.